The van der Waals surface area contributed by atoms with Crippen LogP contribution in [0.3, 0.4) is 0 Å². The number of unbranched alkanes of at least 4 members (excludes halogenated alkanes) is 21. The fourth-order valence-electron chi connectivity index (χ4n) is 4.69. The molecule has 1 unspecified atom stereocenters. The quantitative estimate of drug-likeness (QED) is 0.0746. The van der Waals surface area contributed by atoms with Crippen molar-refractivity contribution in [1.29, 1.82) is 0 Å². The average Bonchev–Trinajstić information content (AvgIpc) is 2.89. The van der Waals surface area contributed by atoms with Gasteiger partial charge < -0.3 is 15.2 Å². The molecule has 0 saturated heterocycles. The zero-order chi connectivity index (χ0) is 26.2. The molecule has 216 valence electrons. The van der Waals surface area contributed by atoms with Gasteiger partial charge in [0.2, 0.25) is 0 Å². The average molecular weight is 510 g/mol. The summed E-state index contributed by atoms with van der Waals surface area (Å²) in [4.78, 5) is 0. The molecule has 0 rings (SSSR count). The predicted molar refractivity (Wildman–Crippen MR) is 161 cm³/mol. The Morgan fingerprint density at radius 1 is 0.500 bits per heavy atom. The number of rotatable bonds is 31. The molecule has 0 aromatic heterocycles. The summed E-state index contributed by atoms with van der Waals surface area (Å²) in [6.07, 6.45) is 37.2. The lowest BCUT2D eigenvalue weighted by molar-refractivity contribution is -0.0136. The van der Waals surface area contributed by atoms with E-state index < -0.39 is 0 Å². The van der Waals surface area contributed by atoms with Crippen LogP contribution in [-0.2, 0) is 9.47 Å². The summed E-state index contributed by atoms with van der Waals surface area (Å²) in [5.74, 6) is 0. The van der Waals surface area contributed by atoms with Crippen LogP contribution in [0.1, 0.15) is 168 Å². The van der Waals surface area contributed by atoms with Crippen LogP contribution in [0.5, 0.6) is 0 Å². The van der Waals surface area contributed by atoms with Crippen LogP contribution in [0.25, 0.3) is 0 Å². The van der Waals surface area contributed by atoms with E-state index in [-0.39, 0.29) is 6.10 Å². The minimum absolute atomic E-state index is 0.0673. The second-order valence-corrected chi connectivity index (χ2v) is 10.9. The monoisotopic (exact) mass is 510 g/mol. The van der Waals surface area contributed by atoms with Gasteiger partial charge in [0.05, 0.1) is 12.7 Å². The molecule has 0 aliphatic rings. The van der Waals surface area contributed by atoms with Crippen LogP contribution in [0.2, 0.25) is 0 Å². The van der Waals surface area contributed by atoms with Gasteiger partial charge in [0, 0.05) is 19.8 Å². The van der Waals surface area contributed by atoms with Crippen molar-refractivity contribution in [3.05, 3.63) is 12.2 Å². The molecule has 0 aliphatic heterocycles. The molecule has 0 fully saturated rings. The summed E-state index contributed by atoms with van der Waals surface area (Å²) >= 11 is 0. The van der Waals surface area contributed by atoms with Gasteiger partial charge in [0.1, 0.15) is 0 Å². The van der Waals surface area contributed by atoms with Crippen LogP contribution in [0.15, 0.2) is 12.2 Å². The van der Waals surface area contributed by atoms with Gasteiger partial charge in [-0.1, -0.05) is 142 Å². The maximum absolute atomic E-state index is 5.94. The van der Waals surface area contributed by atoms with E-state index in [1.807, 2.05) is 0 Å². The Morgan fingerprint density at radius 2 is 0.889 bits per heavy atom. The van der Waals surface area contributed by atoms with Gasteiger partial charge in [-0.25, -0.2) is 0 Å². The van der Waals surface area contributed by atoms with E-state index >= 15 is 0 Å². The molecule has 0 bridgehead atoms. The zero-order valence-corrected chi connectivity index (χ0v) is 24.9. The van der Waals surface area contributed by atoms with Crippen LogP contribution < -0.4 is 5.73 Å². The van der Waals surface area contributed by atoms with E-state index in [9.17, 15) is 0 Å². The van der Waals surface area contributed by atoms with Crippen LogP contribution >= 0.6 is 0 Å². The summed E-state index contributed by atoms with van der Waals surface area (Å²) in [6, 6.07) is 0. The molecule has 1 atom stereocenters. The molecular weight excluding hydrogens is 442 g/mol. The van der Waals surface area contributed by atoms with Gasteiger partial charge in [-0.3, -0.25) is 0 Å². The topological polar surface area (TPSA) is 44.5 Å². The molecule has 0 saturated carbocycles. The molecule has 0 aliphatic carbocycles. The number of nitrogens with two attached hydrogens (primary N) is 1. The van der Waals surface area contributed by atoms with E-state index in [2.05, 4.69) is 26.0 Å². The Kier molecular flexibility index (Phi) is 32.3. The van der Waals surface area contributed by atoms with Crippen molar-refractivity contribution >= 4 is 0 Å². The highest BCUT2D eigenvalue weighted by molar-refractivity contribution is 4.81. The van der Waals surface area contributed by atoms with E-state index in [0.717, 1.165) is 26.1 Å². The second-order valence-electron chi connectivity index (χ2n) is 10.9. The first-order valence-electron chi connectivity index (χ1n) is 16.4. The third-order valence-electron chi connectivity index (χ3n) is 7.22. The van der Waals surface area contributed by atoms with E-state index in [1.54, 1.807) is 0 Å². The molecule has 0 heterocycles. The van der Waals surface area contributed by atoms with Crippen molar-refractivity contribution in [2.75, 3.05) is 26.4 Å². The summed E-state index contributed by atoms with van der Waals surface area (Å²) in [5, 5.41) is 0. The van der Waals surface area contributed by atoms with E-state index in [1.165, 1.54) is 141 Å². The third-order valence-corrected chi connectivity index (χ3v) is 7.22. The Morgan fingerprint density at radius 3 is 1.33 bits per heavy atom. The largest absolute Gasteiger partial charge is 0.379 e. The zero-order valence-electron chi connectivity index (χ0n) is 24.9. The molecular formula is C33H67NO2. The van der Waals surface area contributed by atoms with Crippen LogP contribution in [-0.4, -0.2) is 32.5 Å². The Labute approximate surface area is 227 Å². The molecule has 0 radical (unpaired) electrons. The van der Waals surface area contributed by atoms with Gasteiger partial charge in [-0.05, 0) is 38.5 Å². The summed E-state index contributed by atoms with van der Waals surface area (Å²) in [6.45, 7) is 7.45. The standard InChI is InChI=1S/C33H67NO2/c1-3-5-7-9-11-13-15-16-17-18-19-20-21-23-25-27-29-35-32-33(31-34)36-30-28-26-24-22-14-12-10-8-6-4-2/h16-17,33H,3-15,18-32,34H2,1-2H3. The Balaban J connectivity index is 3.29. The minimum Gasteiger partial charge on any atom is -0.379 e. The molecule has 3 heteroatoms. The number of ether oxygens (including phenoxy) is 2. The van der Waals surface area contributed by atoms with Gasteiger partial charge in [-0.2, -0.15) is 0 Å². The van der Waals surface area contributed by atoms with E-state index in [4.69, 9.17) is 15.2 Å². The Hall–Kier alpha value is -0.380. The molecule has 0 aromatic carbocycles. The lowest BCUT2D eigenvalue weighted by Crippen LogP contribution is -2.29. The molecule has 0 aromatic rings. The van der Waals surface area contributed by atoms with Crippen molar-refractivity contribution in [2.24, 2.45) is 5.73 Å². The predicted octanol–water partition coefficient (Wildman–Crippen LogP) is 10.3. The smallest absolute Gasteiger partial charge is 0.0930 e. The van der Waals surface area contributed by atoms with Crippen molar-refractivity contribution < 1.29 is 9.47 Å². The lowest BCUT2D eigenvalue weighted by Gasteiger charge is -2.16. The maximum atomic E-state index is 5.94. The summed E-state index contributed by atoms with van der Waals surface area (Å²) in [5.41, 5.74) is 5.87. The number of hydrogen-bond acceptors (Lipinski definition) is 3. The number of allylic oxidation sites excluding steroid dienone is 2. The first kappa shape index (κ1) is 35.6. The SMILES string of the molecule is CCCCCCCCC=CCCCCCCCCOCC(CN)OCCCCCCCCCCCC. The van der Waals surface area contributed by atoms with Crippen LogP contribution in [0, 0.1) is 0 Å². The third kappa shape index (κ3) is 29.8. The molecule has 0 spiro atoms. The Bertz CT molecular complexity index is 412. The van der Waals surface area contributed by atoms with Gasteiger partial charge in [0.25, 0.3) is 0 Å². The molecule has 36 heavy (non-hydrogen) atoms. The highest BCUT2D eigenvalue weighted by Gasteiger charge is 2.06. The van der Waals surface area contributed by atoms with Crippen molar-refractivity contribution in [3.8, 4) is 0 Å². The second kappa shape index (κ2) is 32.6. The van der Waals surface area contributed by atoms with Gasteiger partial charge in [-0.15, -0.1) is 0 Å². The van der Waals surface area contributed by atoms with Crippen molar-refractivity contribution in [2.45, 2.75) is 174 Å². The van der Waals surface area contributed by atoms with E-state index in [0.29, 0.717) is 13.2 Å². The lowest BCUT2D eigenvalue weighted by atomic mass is 10.1. The van der Waals surface area contributed by atoms with Crippen molar-refractivity contribution in [1.82, 2.24) is 0 Å². The van der Waals surface area contributed by atoms with Gasteiger partial charge in [0.15, 0.2) is 0 Å². The summed E-state index contributed by atoms with van der Waals surface area (Å²) in [7, 11) is 0. The summed E-state index contributed by atoms with van der Waals surface area (Å²) < 4.78 is 11.8. The van der Waals surface area contributed by atoms with Crippen molar-refractivity contribution in [3.63, 3.8) is 0 Å². The molecule has 0 amide bonds. The van der Waals surface area contributed by atoms with Gasteiger partial charge >= 0.3 is 0 Å². The highest BCUT2D eigenvalue weighted by Crippen LogP contribution is 2.12. The highest BCUT2D eigenvalue weighted by atomic mass is 16.5. The normalized spacial score (nSPS) is 12.6. The first-order valence-corrected chi connectivity index (χ1v) is 16.4. The fraction of sp³-hybridized carbons (Fsp3) is 0.939. The molecule has 2 N–H and O–H groups in total. The minimum atomic E-state index is 0.0673. The first-order chi connectivity index (χ1) is 17.8. The molecule has 3 nitrogen and oxygen atoms in total. The van der Waals surface area contributed by atoms with Crippen LogP contribution in [0.4, 0.5) is 0 Å². The maximum Gasteiger partial charge on any atom is 0.0930 e. The fourth-order valence-corrected chi connectivity index (χ4v) is 4.69. The number of hydrogen-bond donors (Lipinski definition) is 1.